The third-order valence-electron chi connectivity index (χ3n) is 6.23. The highest BCUT2D eigenvalue weighted by molar-refractivity contribution is 6.27. The van der Waals surface area contributed by atoms with E-state index in [1.807, 2.05) is 6.07 Å². The van der Waals surface area contributed by atoms with Crippen LogP contribution in [-0.4, -0.2) is 63.5 Å². The number of methoxy groups -OCH3 is 2. The second-order valence-electron chi connectivity index (χ2n) is 9.38. The van der Waals surface area contributed by atoms with Gasteiger partial charge in [-0.1, -0.05) is 0 Å². The van der Waals surface area contributed by atoms with Gasteiger partial charge in [-0.15, -0.1) is 0 Å². The van der Waals surface area contributed by atoms with Crippen LogP contribution in [0.1, 0.15) is 22.3 Å². The number of nitrogens with zero attached hydrogens (tertiary/aromatic N) is 2. The lowest BCUT2D eigenvalue weighted by Crippen LogP contribution is -3.00. The van der Waals surface area contributed by atoms with E-state index < -0.39 is 0 Å². The summed E-state index contributed by atoms with van der Waals surface area (Å²) >= 11 is 0. The van der Waals surface area contributed by atoms with E-state index in [1.54, 1.807) is 22.8 Å². The maximum Gasteiger partial charge on any atom is 0.259 e. The van der Waals surface area contributed by atoms with Crippen molar-refractivity contribution in [3.05, 3.63) is 45.7 Å². The summed E-state index contributed by atoms with van der Waals surface area (Å²) in [7, 11) is 9.41. The van der Waals surface area contributed by atoms with Crippen LogP contribution in [0.3, 0.4) is 0 Å². The zero-order valence-electron chi connectivity index (χ0n) is 19.9. The van der Waals surface area contributed by atoms with Gasteiger partial charge in [0.05, 0.1) is 58.6 Å². The Morgan fingerprint density at radius 2 is 1.50 bits per heavy atom. The van der Waals surface area contributed by atoms with Crippen LogP contribution >= 0.6 is 0 Å². The quantitative estimate of drug-likeness (QED) is 0.359. The van der Waals surface area contributed by atoms with E-state index in [1.165, 1.54) is 14.2 Å². The molecule has 1 aliphatic carbocycles. The van der Waals surface area contributed by atoms with Crippen LogP contribution in [0.2, 0.25) is 0 Å². The van der Waals surface area contributed by atoms with Gasteiger partial charge in [-0.25, -0.2) is 0 Å². The lowest BCUT2D eigenvalue weighted by atomic mass is 10.0. The van der Waals surface area contributed by atoms with Gasteiger partial charge in [0.1, 0.15) is 0 Å². The fourth-order valence-electron chi connectivity index (χ4n) is 4.66. The van der Waals surface area contributed by atoms with Crippen molar-refractivity contribution in [3.8, 4) is 34.3 Å². The summed E-state index contributed by atoms with van der Waals surface area (Å²) in [6.45, 7) is 1.49. The minimum absolute atomic E-state index is 0. The monoisotopic (exact) mass is 486 g/mol. The van der Waals surface area contributed by atoms with Gasteiger partial charge in [0.2, 0.25) is 6.79 Å². The molecule has 2 heterocycles. The van der Waals surface area contributed by atoms with Gasteiger partial charge < -0.3 is 40.4 Å². The molecule has 5 rings (SSSR count). The number of carbonyl (C=O) groups is 1. The van der Waals surface area contributed by atoms with Gasteiger partial charge >= 0.3 is 0 Å². The summed E-state index contributed by atoms with van der Waals surface area (Å²) in [4.78, 5) is 27.4. The van der Waals surface area contributed by atoms with Crippen LogP contribution in [0.4, 0.5) is 0 Å². The Hall–Kier alpha value is -3.23. The molecule has 9 heteroatoms. The second kappa shape index (κ2) is 8.52. The molecular weight excluding hydrogens is 460 g/mol. The summed E-state index contributed by atoms with van der Waals surface area (Å²) in [5.41, 5.74) is 2.16. The lowest BCUT2D eigenvalue weighted by molar-refractivity contribution is -0.870. The van der Waals surface area contributed by atoms with Crippen molar-refractivity contribution in [2.45, 2.75) is 13.0 Å². The van der Waals surface area contributed by atoms with E-state index >= 15 is 0 Å². The largest absolute Gasteiger partial charge is 1.00 e. The van der Waals surface area contributed by atoms with Crippen molar-refractivity contribution in [1.29, 1.82) is 0 Å². The molecule has 0 spiro atoms. The Balaban J connectivity index is 0.00000274. The molecule has 0 atom stereocenters. The third-order valence-corrected chi connectivity index (χ3v) is 6.23. The van der Waals surface area contributed by atoms with E-state index in [9.17, 15) is 9.59 Å². The number of fused-ring (bicyclic) bond motifs is 6. The standard InChI is InChI=1S/C25H27N2O6.ClH/c1-27(2,3)8-6-7-26-23-15-10-20-21(33-13-32-20)11-16(15)24(28)22(23)14-9-18(30-4)19(31-5)12-17(14)25(26)29;/h9-12H,6-8,13H2,1-5H3;1H/q+1;/p-1. The first-order valence-electron chi connectivity index (χ1n) is 10.8. The van der Waals surface area contributed by atoms with Crippen LogP contribution in [0.5, 0.6) is 23.0 Å². The highest BCUT2D eigenvalue weighted by Crippen LogP contribution is 2.46. The predicted octanol–water partition coefficient (Wildman–Crippen LogP) is 0.0591. The highest BCUT2D eigenvalue weighted by Gasteiger charge is 2.35. The van der Waals surface area contributed by atoms with Crippen molar-refractivity contribution >= 4 is 16.6 Å². The number of halogens is 1. The Morgan fingerprint density at radius 1 is 0.912 bits per heavy atom. The van der Waals surface area contributed by atoms with E-state index in [-0.39, 0.29) is 30.5 Å². The third kappa shape index (κ3) is 3.67. The molecule has 0 fully saturated rings. The molecule has 180 valence electrons. The van der Waals surface area contributed by atoms with Crippen LogP contribution in [0.25, 0.3) is 22.0 Å². The molecular formula is C25H27ClN2O6. The maximum atomic E-state index is 13.8. The average Bonchev–Trinajstić information content (AvgIpc) is 3.35. The highest BCUT2D eigenvalue weighted by atomic mass is 35.5. The van der Waals surface area contributed by atoms with E-state index in [2.05, 4.69) is 21.1 Å². The molecule has 2 aliphatic rings. The lowest BCUT2D eigenvalue weighted by Gasteiger charge is -2.24. The SMILES string of the molecule is COc1cc2c3c(n(CCC[N+](C)(C)C)c(=O)c2cc1OC)-c1cc2c(cc1C3=O)OCO2.[Cl-]. The van der Waals surface area contributed by atoms with E-state index in [0.29, 0.717) is 62.7 Å². The number of hydrogen-bond donors (Lipinski definition) is 0. The molecule has 1 aliphatic heterocycles. The molecule has 0 radical (unpaired) electrons. The minimum atomic E-state index is -0.163. The smallest absolute Gasteiger partial charge is 0.259 e. The maximum absolute atomic E-state index is 13.8. The van der Waals surface area contributed by atoms with Gasteiger partial charge in [0.25, 0.3) is 5.56 Å². The van der Waals surface area contributed by atoms with Crippen LogP contribution in [0.15, 0.2) is 29.1 Å². The molecule has 0 saturated carbocycles. The summed E-state index contributed by atoms with van der Waals surface area (Å²) in [5, 5.41) is 0.983. The van der Waals surface area contributed by atoms with Gasteiger partial charge in [-0.3, -0.25) is 9.59 Å². The Labute approximate surface area is 203 Å². The summed E-state index contributed by atoms with van der Waals surface area (Å²) in [6, 6.07) is 6.90. The van der Waals surface area contributed by atoms with Crippen molar-refractivity contribution < 1.29 is 40.6 Å². The van der Waals surface area contributed by atoms with E-state index in [4.69, 9.17) is 18.9 Å². The number of pyridine rings is 1. The molecule has 2 aromatic carbocycles. The number of ketones is 1. The van der Waals surface area contributed by atoms with Gasteiger partial charge in [-0.2, -0.15) is 0 Å². The summed E-state index contributed by atoms with van der Waals surface area (Å²) in [5.74, 6) is 1.89. The number of rotatable bonds is 6. The number of ether oxygens (including phenoxy) is 4. The number of benzene rings is 2. The number of carbonyl (C=O) groups excluding carboxylic acids is 1. The first-order valence-corrected chi connectivity index (χ1v) is 10.8. The molecule has 8 nitrogen and oxygen atoms in total. The minimum Gasteiger partial charge on any atom is -1.00 e. The summed E-state index contributed by atoms with van der Waals surface area (Å²) < 4.78 is 24.5. The molecule has 3 aromatic rings. The fraction of sp³-hybridized carbons (Fsp3) is 0.360. The van der Waals surface area contributed by atoms with Crippen molar-refractivity contribution in [3.63, 3.8) is 0 Å². The zero-order chi connectivity index (χ0) is 23.5. The molecule has 1 aromatic heterocycles. The molecule has 0 amide bonds. The Bertz CT molecular complexity index is 1370. The normalized spacial score (nSPS) is 13.5. The van der Waals surface area contributed by atoms with Crippen LogP contribution in [-0.2, 0) is 6.54 Å². The number of quaternary nitrogens is 1. The average molecular weight is 487 g/mol. The van der Waals surface area contributed by atoms with Crippen molar-refractivity contribution in [2.75, 3.05) is 48.7 Å². The Kier molecular flexibility index (Phi) is 5.99. The number of hydrogen-bond acceptors (Lipinski definition) is 6. The van der Waals surface area contributed by atoms with Crippen LogP contribution < -0.4 is 36.9 Å². The van der Waals surface area contributed by atoms with Gasteiger partial charge in [0.15, 0.2) is 28.8 Å². The first kappa shape index (κ1) is 23.9. The molecule has 0 unspecified atom stereocenters. The number of aromatic nitrogens is 1. The van der Waals surface area contributed by atoms with Gasteiger partial charge in [0, 0.05) is 29.5 Å². The predicted molar refractivity (Wildman–Crippen MR) is 124 cm³/mol. The summed E-state index contributed by atoms with van der Waals surface area (Å²) in [6.07, 6.45) is 0.780. The molecule has 0 bridgehead atoms. The fourth-order valence-corrected chi connectivity index (χ4v) is 4.66. The van der Waals surface area contributed by atoms with E-state index in [0.717, 1.165) is 17.4 Å². The molecule has 0 N–H and O–H groups in total. The van der Waals surface area contributed by atoms with Crippen molar-refractivity contribution in [2.24, 2.45) is 0 Å². The van der Waals surface area contributed by atoms with Gasteiger partial charge in [-0.05, 0) is 24.3 Å². The second-order valence-corrected chi connectivity index (χ2v) is 9.38. The van der Waals surface area contributed by atoms with Crippen molar-refractivity contribution in [1.82, 2.24) is 4.57 Å². The molecule has 0 saturated heterocycles. The topological polar surface area (TPSA) is 76.0 Å². The zero-order valence-corrected chi connectivity index (χ0v) is 20.6. The first-order chi connectivity index (χ1) is 15.7. The molecule has 34 heavy (non-hydrogen) atoms. The van der Waals surface area contributed by atoms with Crippen LogP contribution in [0, 0.1) is 0 Å². The Morgan fingerprint density at radius 3 is 2.09 bits per heavy atom.